The smallest absolute Gasteiger partial charge is 0.432 e. The molecule has 0 spiro atoms. The van der Waals surface area contributed by atoms with E-state index in [0.717, 1.165) is 4.57 Å². The number of alkyl halides is 3. The van der Waals surface area contributed by atoms with Crippen LogP contribution in [0.3, 0.4) is 0 Å². The molecule has 6 nitrogen and oxygen atoms in total. The molecule has 12 heteroatoms. The third-order valence-electron chi connectivity index (χ3n) is 5.38. The van der Waals surface area contributed by atoms with Crippen LogP contribution in [0.2, 0.25) is 15.2 Å². The molecule has 2 heterocycles. The van der Waals surface area contributed by atoms with E-state index in [1.807, 2.05) is 0 Å². The van der Waals surface area contributed by atoms with Gasteiger partial charge in [-0.2, -0.15) is 13.2 Å². The van der Waals surface area contributed by atoms with Crippen LogP contribution in [-0.4, -0.2) is 27.8 Å². The molecule has 1 N–H and O–H groups in total. The molecule has 0 bridgehead atoms. The number of anilines is 1. The minimum Gasteiger partial charge on any atom is -0.494 e. The van der Waals surface area contributed by atoms with Crippen molar-refractivity contribution in [3.05, 3.63) is 86.7 Å². The molecule has 0 aliphatic heterocycles. The number of nitrogens with zero attached hydrogens (tertiary/aromatic N) is 2. The van der Waals surface area contributed by atoms with Gasteiger partial charge in [-0.25, -0.2) is 4.98 Å². The number of Topliss-reactive ketones (excluding diaryl/α,β-unsaturated/α-hetero) is 1. The van der Waals surface area contributed by atoms with Crippen LogP contribution >= 0.6 is 34.8 Å². The predicted octanol–water partition coefficient (Wildman–Crippen LogP) is 7.28. The molecule has 0 aliphatic rings. The first-order valence-electron chi connectivity index (χ1n) is 10.8. The van der Waals surface area contributed by atoms with Crippen LogP contribution in [0.25, 0.3) is 10.9 Å². The highest BCUT2D eigenvalue weighted by molar-refractivity contribution is 6.49. The van der Waals surface area contributed by atoms with Crippen molar-refractivity contribution in [3.63, 3.8) is 0 Å². The molecule has 37 heavy (non-hydrogen) atoms. The van der Waals surface area contributed by atoms with Gasteiger partial charge in [0.25, 0.3) is 11.7 Å². The van der Waals surface area contributed by atoms with Gasteiger partial charge in [0.2, 0.25) is 0 Å². The lowest BCUT2D eigenvalue weighted by molar-refractivity contribution is -0.143. The molecule has 2 aromatic carbocycles. The number of pyridine rings is 1. The molecule has 0 saturated carbocycles. The molecule has 0 unspecified atom stereocenters. The number of benzene rings is 2. The van der Waals surface area contributed by atoms with Crippen LogP contribution in [0.4, 0.5) is 18.9 Å². The van der Waals surface area contributed by atoms with Crippen molar-refractivity contribution in [2.45, 2.75) is 19.6 Å². The van der Waals surface area contributed by atoms with Gasteiger partial charge >= 0.3 is 6.18 Å². The molecular weight excluding hydrogens is 554 g/mol. The topological polar surface area (TPSA) is 73.2 Å². The number of ether oxygens (including phenoxy) is 1. The summed E-state index contributed by atoms with van der Waals surface area (Å²) < 4.78 is 50.0. The summed E-state index contributed by atoms with van der Waals surface area (Å²) in [6.45, 7) is 1.61. The van der Waals surface area contributed by atoms with Crippen LogP contribution in [0.15, 0.2) is 54.7 Å². The molecule has 4 aromatic rings. The van der Waals surface area contributed by atoms with Gasteiger partial charge in [-0.05, 0) is 55.0 Å². The molecule has 0 fully saturated rings. The Hall–Kier alpha value is -3.27. The summed E-state index contributed by atoms with van der Waals surface area (Å²) in [5, 5.41) is 2.67. The molecule has 0 radical (unpaired) electrons. The molecule has 0 atom stereocenters. The Morgan fingerprint density at radius 1 is 1.05 bits per heavy atom. The zero-order valence-electron chi connectivity index (χ0n) is 19.0. The van der Waals surface area contributed by atoms with Gasteiger partial charge in [-0.15, -0.1) is 0 Å². The van der Waals surface area contributed by atoms with E-state index in [0.29, 0.717) is 10.6 Å². The zero-order chi connectivity index (χ0) is 26.9. The predicted molar refractivity (Wildman–Crippen MR) is 136 cm³/mol. The van der Waals surface area contributed by atoms with Gasteiger partial charge in [-0.3, -0.25) is 9.59 Å². The maximum absolute atomic E-state index is 14.6. The first-order valence-corrected chi connectivity index (χ1v) is 11.9. The molecule has 1 amide bonds. The number of nitrogens with one attached hydrogen (secondary N) is 1. The molecular formula is C25H17Cl3F3N3O3. The van der Waals surface area contributed by atoms with Crippen molar-refractivity contribution >= 4 is 63.1 Å². The van der Waals surface area contributed by atoms with Gasteiger partial charge in [-0.1, -0.05) is 40.9 Å². The van der Waals surface area contributed by atoms with Crippen molar-refractivity contribution in [1.82, 2.24) is 9.55 Å². The second-order valence-corrected chi connectivity index (χ2v) is 9.04. The highest BCUT2D eigenvalue weighted by Gasteiger charge is 2.42. The maximum Gasteiger partial charge on any atom is 0.432 e. The number of aromatic nitrogens is 2. The van der Waals surface area contributed by atoms with Crippen molar-refractivity contribution in [3.8, 4) is 5.75 Å². The molecule has 192 valence electrons. The summed E-state index contributed by atoms with van der Waals surface area (Å²) in [5.41, 5.74) is -1.62. The zero-order valence-corrected chi connectivity index (χ0v) is 21.3. The fourth-order valence-corrected chi connectivity index (χ4v) is 4.52. The van der Waals surface area contributed by atoms with Crippen LogP contribution in [0.5, 0.6) is 5.75 Å². The van der Waals surface area contributed by atoms with E-state index in [2.05, 4.69) is 10.3 Å². The van der Waals surface area contributed by atoms with E-state index < -0.39 is 29.1 Å². The van der Waals surface area contributed by atoms with Crippen LogP contribution in [0, 0.1) is 0 Å². The van der Waals surface area contributed by atoms with E-state index in [4.69, 9.17) is 39.5 Å². The summed E-state index contributed by atoms with van der Waals surface area (Å²) in [5.74, 6) is -2.43. The third kappa shape index (κ3) is 5.69. The largest absolute Gasteiger partial charge is 0.494 e. The Kier molecular flexibility index (Phi) is 7.68. The first-order chi connectivity index (χ1) is 17.5. The van der Waals surface area contributed by atoms with Crippen LogP contribution in [0.1, 0.15) is 28.5 Å². The summed E-state index contributed by atoms with van der Waals surface area (Å²) >= 11 is 18.0. The molecule has 0 saturated heterocycles. The van der Waals surface area contributed by atoms with Gasteiger partial charge in [0.05, 0.1) is 12.2 Å². The number of hydrogen-bond acceptors (Lipinski definition) is 4. The summed E-state index contributed by atoms with van der Waals surface area (Å²) in [6, 6.07) is 11.2. The van der Waals surface area contributed by atoms with Gasteiger partial charge in [0.15, 0.2) is 0 Å². The van der Waals surface area contributed by atoms with Crippen LogP contribution in [-0.2, 0) is 17.5 Å². The van der Waals surface area contributed by atoms with Gasteiger partial charge in [0.1, 0.15) is 16.6 Å². The Labute approximate surface area is 223 Å². The number of hydrogen-bond donors (Lipinski definition) is 1. The Balaban J connectivity index is 1.92. The average molecular weight is 571 g/mol. The van der Waals surface area contributed by atoms with Gasteiger partial charge < -0.3 is 14.6 Å². The standard InChI is InChI=1S/C25H17Cl3F3N3O3/c1-2-37-16-5-6-19-17(11-16)21(22(35)24(36)33-15-7-8-32-20(28)10-15)23(25(29,30)31)34(19)12-13-3-4-14(26)9-18(13)27/h3-11H,2,12H2,1H3,(H,32,33,36). The average Bonchev–Trinajstić information content (AvgIpc) is 3.14. The van der Waals surface area contributed by atoms with E-state index in [9.17, 15) is 22.8 Å². The number of fused-ring (bicyclic) bond motifs is 1. The van der Waals surface area contributed by atoms with E-state index in [-0.39, 0.29) is 45.7 Å². The highest BCUT2D eigenvalue weighted by Crippen LogP contribution is 2.41. The quantitative estimate of drug-likeness (QED) is 0.144. The normalized spacial score (nSPS) is 11.5. The first kappa shape index (κ1) is 26.8. The highest BCUT2D eigenvalue weighted by atomic mass is 35.5. The fourth-order valence-electron chi connectivity index (χ4n) is 3.88. The summed E-state index contributed by atoms with van der Waals surface area (Å²) in [6.07, 6.45) is -3.73. The lowest BCUT2D eigenvalue weighted by Crippen LogP contribution is -2.26. The van der Waals surface area contributed by atoms with Crippen molar-refractivity contribution < 1.29 is 27.5 Å². The summed E-state index contributed by atoms with van der Waals surface area (Å²) in [4.78, 5) is 29.9. The third-order valence-corrected chi connectivity index (χ3v) is 6.17. The number of ketones is 1. The molecule has 4 rings (SSSR count). The lowest BCUT2D eigenvalue weighted by Gasteiger charge is -2.15. The number of halogens is 6. The van der Waals surface area contributed by atoms with Crippen molar-refractivity contribution in [2.75, 3.05) is 11.9 Å². The maximum atomic E-state index is 14.6. The number of amides is 1. The van der Waals surface area contributed by atoms with Crippen molar-refractivity contribution in [2.24, 2.45) is 0 Å². The van der Waals surface area contributed by atoms with E-state index in [1.54, 1.807) is 6.92 Å². The SMILES string of the molecule is CCOc1ccc2c(c1)c(C(=O)C(=O)Nc1ccnc(Cl)c1)c(C(F)(F)F)n2Cc1ccc(Cl)cc1Cl. The van der Waals surface area contributed by atoms with E-state index in [1.165, 1.54) is 54.7 Å². The van der Waals surface area contributed by atoms with Crippen molar-refractivity contribution in [1.29, 1.82) is 0 Å². The number of carbonyl (C=O) groups is 2. The Morgan fingerprint density at radius 3 is 2.46 bits per heavy atom. The second kappa shape index (κ2) is 10.6. The minimum atomic E-state index is -5.01. The summed E-state index contributed by atoms with van der Waals surface area (Å²) in [7, 11) is 0. The number of rotatable bonds is 7. The lowest BCUT2D eigenvalue weighted by atomic mass is 10.0. The fraction of sp³-hybridized carbons (Fsp3) is 0.160. The second-order valence-electron chi connectivity index (χ2n) is 7.81. The van der Waals surface area contributed by atoms with E-state index >= 15 is 0 Å². The van der Waals surface area contributed by atoms with Gasteiger partial charge in [0, 0.05) is 39.4 Å². The molecule has 2 aromatic heterocycles. The Morgan fingerprint density at radius 2 is 1.81 bits per heavy atom. The molecule has 0 aliphatic carbocycles. The number of carbonyl (C=O) groups excluding carboxylic acids is 2. The Bertz CT molecular complexity index is 1520. The minimum absolute atomic E-state index is 0.0269. The monoisotopic (exact) mass is 569 g/mol. The van der Waals surface area contributed by atoms with Crippen LogP contribution < -0.4 is 10.1 Å².